The van der Waals surface area contributed by atoms with Gasteiger partial charge in [0, 0.05) is 6.92 Å². The van der Waals surface area contributed by atoms with E-state index in [4.69, 9.17) is 16.3 Å². The summed E-state index contributed by atoms with van der Waals surface area (Å²) in [6.45, 7) is 3.35. The van der Waals surface area contributed by atoms with Gasteiger partial charge in [0.25, 0.3) is 0 Å². The number of benzene rings is 1. The highest BCUT2D eigenvalue weighted by Gasteiger charge is 2.13. The van der Waals surface area contributed by atoms with Gasteiger partial charge in [-0.05, 0) is 36.1 Å². The van der Waals surface area contributed by atoms with Crippen molar-refractivity contribution in [1.29, 1.82) is 0 Å². The Morgan fingerprint density at radius 1 is 1.45 bits per heavy atom. The van der Waals surface area contributed by atoms with Crippen LogP contribution in [-0.4, -0.2) is 12.2 Å². The molecular weight excluding hydrogens is 294 g/mol. The summed E-state index contributed by atoms with van der Waals surface area (Å²) in [5, 5.41) is 2.51. The minimum atomic E-state index is -0.482. The van der Waals surface area contributed by atoms with Crippen LogP contribution in [0, 0.1) is 6.92 Å². The third kappa shape index (κ3) is 3.92. The van der Waals surface area contributed by atoms with E-state index in [2.05, 4.69) is 4.99 Å². The number of aryl methyl sites for hydroxylation is 1. The van der Waals surface area contributed by atoms with Crippen LogP contribution in [0.2, 0.25) is 5.02 Å². The first-order valence-electron chi connectivity index (χ1n) is 6.07. The number of hydrogen-bond acceptors (Lipinski definition) is 4. The van der Waals surface area contributed by atoms with Gasteiger partial charge in [0.05, 0.1) is 21.8 Å². The van der Waals surface area contributed by atoms with Crippen molar-refractivity contribution in [3.63, 3.8) is 0 Å². The van der Waals surface area contributed by atoms with Gasteiger partial charge in [-0.1, -0.05) is 23.7 Å². The molecule has 0 aliphatic rings. The Kier molecular flexibility index (Phi) is 4.93. The van der Waals surface area contributed by atoms with Gasteiger partial charge in [0.2, 0.25) is 0 Å². The summed E-state index contributed by atoms with van der Waals surface area (Å²) >= 11 is 7.64. The summed E-state index contributed by atoms with van der Waals surface area (Å²) in [7, 11) is 0. The van der Waals surface area contributed by atoms with Gasteiger partial charge in [0.15, 0.2) is 6.10 Å². The Morgan fingerprint density at radius 3 is 2.85 bits per heavy atom. The third-order valence-corrected chi connectivity index (χ3v) is 3.81. The van der Waals surface area contributed by atoms with E-state index in [-0.39, 0.29) is 5.97 Å². The maximum absolute atomic E-state index is 11.2. The summed E-state index contributed by atoms with van der Waals surface area (Å²) in [5.74, 6) is -0.343. The smallest absolute Gasteiger partial charge is 0.303 e. The van der Waals surface area contributed by atoms with E-state index in [0.29, 0.717) is 10.7 Å². The third-order valence-electron chi connectivity index (χ3n) is 2.57. The van der Waals surface area contributed by atoms with Crippen LogP contribution in [-0.2, 0) is 9.53 Å². The molecule has 20 heavy (non-hydrogen) atoms. The summed E-state index contributed by atoms with van der Waals surface area (Å²) in [4.78, 5) is 16.4. The van der Waals surface area contributed by atoms with Crippen molar-refractivity contribution < 1.29 is 9.53 Å². The molecular formula is C15H14ClNO2S. The monoisotopic (exact) mass is 307 g/mol. The van der Waals surface area contributed by atoms with Gasteiger partial charge in [-0.15, -0.1) is 11.3 Å². The second kappa shape index (κ2) is 6.68. The fraction of sp³-hybridized carbons (Fsp3) is 0.200. The molecule has 1 aromatic carbocycles. The van der Waals surface area contributed by atoms with Crippen molar-refractivity contribution in [2.45, 2.75) is 20.0 Å². The van der Waals surface area contributed by atoms with Crippen LogP contribution in [0.4, 0.5) is 5.69 Å². The first-order chi connectivity index (χ1) is 9.56. The number of halogens is 1. The number of thiophene rings is 1. The quantitative estimate of drug-likeness (QED) is 0.605. The zero-order valence-corrected chi connectivity index (χ0v) is 12.7. The zero-order chi connectivity index (χ0) is 14.5. The van der Waals surface area contributed by atoms with Gasteiger partial charge in [-0.25, -0.2) is 0 Å². The van der Waals surface area contributed by atoms with Gasteiger partial charge < -0.3 is 4.74 Å². The molecule has 0 amide bonds. The molecule has 1 atom stereocenters. The lowest BCUT2D eigenvalue weighted by atomic mass is 10.2. The molecule has 5 heteroatoms. The zero-order valence-electron chi connectivity index (χ0n) is 11.2. The number of carbonyl (C=O) groups is 1. The molecule has 2 aromatic rings. The highest BCUT2D eigenvalue weighted by molar-refractivity contribution is 7.10. The SMILES string of the molecule is CC(=O)OC(C=Nc1ccc(C)cc1Cl)c1cccs1. The molecule has 2 rings (SSSR count). The van der Waals surface area contributed by atoms with E-state index in [9.17, 15) is 4.79 Å². The molecule has 0 aliphatic carbocycles. The summed E-state index contributed by atoms with van der Waals surface area (Å²) in [6, 6.07) is 9.43. The first kappa shape index (κ1) is 14.8. The van der Waals surface area contributed by atoms with E-state index in [1.54, 1.807) is 6.21 Å². The minimum absolute atomic E-state index is 0.343. The molecule has 0 bridgehead atoms. The number of rotatable bonds is 4. The van der Waals surface area contributed by atoms with Crippen LogP contribution in [0.25, 0.3) is 0 Å². The lowest BCUT2D eigenvalue weighted by molar-refractivity contribution is -0.143. The van der Waals surface area contributed by atoms with Crippen molar-refractivity contribution in [3.8, 4) is 0 Å². The van der Waals surface area contributed by atoms with E-state index < -0.39 is 6.10 Å². The standard InChI is InChI=1S/C15H14ClNO2S/c1-10-5-6-13(12(16)8-10)17-9-14(19-11(2)18)15-4-3-7-20-15/h3-9,14H,1-2H3. The van der Waals surface area contributed by atoms with Crippen molar-refractivity contribution in [2.75, 3.05) is 0 Å². The summed E-state index contributed by atoms with van der Waals surface area (Å²) < 4.78 is 5.26. The predicted molar refractivity (Wildman–Crippen MR) is 83.2 cm³/mol. The van der Waals surface area contributed by atoms with E-state index >= 15 is 0 Å². The van der Waals surface area contributed by atoms with Crippen molar-refractivity contribution in [3.05, 3.63) is 51.2 Å². The second-order valence-corrected chi connectivity index (χ2v) is 5.66. The van der Waals surface area contributed by atoms with Crippen LogP contribution in [0.15, 0.2) is 40.7 Å². The van der Waals surface area contributed by atoms with Crippen LogP contribution < -0.4 is 0 Å². The molecule has 1 heterocycles. The number of ether oxygens (including phenoxy) is 1. The number of esters is 1. The number of nitrogens with zero attached hydrogens (tertiary/aromatic N) is 1. The first-order valence-corrected chi connectivity index (χ1v) is 7.33. The largest absolute Gasteiger partial charge is 0.451 e. The maximum atomic E-state index is 11.2. The van der Waals surface area contributed by atoms with E-state index in [1.807, 2.05) is 42.6 Å². The molecule has 0 aliphatic heterocycles. The van der Waals surface area contributed by atoms with Gasteiger partial charge >= 0.3 is 5.97 Å². The maximum Gasteiger partial charge on any atom is 0.303 e. The van der Waals surface area contributed by atoms with Gasteiger partial charge in [-0.2, -0.15) is 0 Å². The lowest BCUT2D eigenvalue weighted by Crippen LogP contribution is -2.08. The van der Waals surface area contributed by atoms with Gasteiger partial charge in [-0.3, -0.25) is 9.79 Å². The normalized spacial score (nSPS) is 12.6. The average Bonchev–Trinajstić information content (AvgIpc) is 2.89. The highest BCUT2D eigenvalue weighted by atomic mass is 35.5. The van der Waals surface area contributed by atoms with Gasteiger partial charge in [0.1, 0.15) is 0 Å². The molecule has 0 saturated heterocycles. The summed E-state index contributed by atoms with van der Waals surface area (Å²) in [5.41, 5.74) is 1.73. The Balaban J connectivity index is 2.22. The number of carbonyl (C=O) groups excluding carboxylic acids is 1. The lowest BCUT2D eigenvalue weighted by Gasteiger charge is -2.10. The van der Waals surface area contributed by atoms with Crippen LogP contribution >= 0.6 is 22.9 Å². The van der Waals surface area contributed by atoms with E-state index in [0.717, 1.165) is 10.4 Å². The molecule has 1 unspecified atom stereocenters. The fourth-order valence-electron chi connectivity index (χ4n) is 1.66. The van der Waals surface area contributed by atoms with Crippen LogP contribution in [0.3, 0.4) is 0 Å². The molecule has 0 N–H and O–H groups in total. The second-order valence-electron chi connectivity index (χ2n) is 4.28. The van der Waals surface area contributed by atoms with Crippen molar-refractivity contribution in [2.24, 2.45) is 4.99 Å². The molecule has 104 valence electrons. The fourth-order valence-corrected chi connectivity index (χ4v) is 2.66. The topological polar surface area (TPSA) is 38.7 Å². The molecule has 3 nitrogen and oxygen atoms in total. The average molecular weight is 308 g/mol. The number of aliphatic imine (C=N–C) groups is 1. The molecule has 0 saturated carbocycles. The number of hydrogen-bond donors (Lipinski definition) is 0. The van der Waals surface area contributed by atoms with E-state index in [1.165, 1.54) is 18.3 Å². The Labute approximate surface area is 126 Å². The van der Waals surface area contributed by atoms with Crippen LogP contribution in [0.1, 0.15) is 23.5 Å². The van der Waals surface area contributed by atoms with Crippen LogP contribution in [0.5, 0.6) is 0 Å². The minimum Gasteiger partial charge on any atom is -0.451 e. The Bertz CT molecular complexity index is 623. The van der Waals surface area contributed by atoms with Crippen molar-refractivity contribution >= 4 is 40.8 Å². The predicted octanol–water partition coefficient (Wildman–Crippen LogP) is 4.72. The molecule has 0 spiro atoms. The Hall–Kier alpha value is -1.65. The molecule has 1 aromatic heterocycles. The molecule has 0 fully saturated rings. The van der Waals surface area contributed by atoms with Crippen molar-refractivity contribution in [1.82, 2.24) is 0 Å². The summed E-state index contributed by atoms with van der Waals surface area (Å²) in [6.07, 6.45) is 1.12. The molecule has 0 radical (unpaired) electrons. The highest BCUT2D eigenvalue weighted by Crippen LogP contribution is 2.27. The Morgan fingerprint density at radius 2 is 2.25 bits per heavy atom.